The average Bonchev–Trinajstić information content (AvgIpc) is 3.09. The molecule has 0 aliphatic heterocycles. The van der Waals surface area contributed by atoms with Crippen LogP contribution in [0.25, 0.3) is 11.5 Å². The third-order valence-electron chi connectivity index (χ3n) is 3.74. The Morgan fingerprint density at radius 3 is 2.52 bits per heavy atom. The first-order valence-corrected chi connectivity index (χ1v) is 9.38. The first-order valence-electron chi connectivity index (χ1n) is 7.52. The standard InChI is InChI=1S/C16H17ClN4O3S/c1-9-14(16-21-20-11(3)24-16)15(10(2)19-9)25(22,23)18-8-12-6-4-5-7-13(12)17/h4-7,18-19H,8H2,1-3H3. The van der Waals surface area contributed by atoms with Gasteiger partial charge in [0.1, 0.15) is 4.90 Å². The molecule has 0 amide bonds. The van der Waals surface area contributed by atoms with Crippen LogP contribution >= 0.6 is 11.6 Å². The molecule has 2 heterocycles. The molecule has 0 unspecified atom stereocenters. The largest absolute Gasteiger partial charge is 0.421 e. The minimum Gasteiger partial charge on any atom is -0.421 e. The van der Waals surface area contributed by atoms with Crippen molar-refractivity contribution in [2.45, 2.75) is 32.2 Å². The van der Waals surface area contributed by atoms with Gasteiger partial charge in [0.25, 0.3) is 5.89 Å². The Morgan fingerprint density at radius 1 is 1.16 bits per heavy atom. The van der Waals surface area contributed by atoms with Crippen molar-refractivity contribution in [3.8, 4) is 11.5 Å². The SMILES string of the molecule is Cc1nnc(-c2c(C)[nH]c(C)c2S(=O)(=O)NCc2ccccc2Cl)o1. The number of hydrogen-bond donors (Lipinski definition) is 2. The molecule has 3 rings (SSSR count). The first kappa shape index (κ1) is 17.7. The van der Waals surface area contributed by atoms with Gasteiger partial charge in [-0.3, -0.25) is 0 Å². The summed E-state index contributed by atoms with van der Waals surface area (Å²) in [5.74, 6) is 0.526. The molecule has 2 aromatic heterocycles. The van der Waals surface area contributed by atoms with Crippen molar-refractivity contribution in [3.63, 3.8) is 0 Å². The molecule has 3 aromatic rings. The summed E-state index contributed by atoms with van der Waals surface area (Å²) in [4.78, 5) is 3.12. The molecule has 7 nitrogen and oxygen atoms in total. The van der Waals surface area contributed by atoms with E-state index >= 15 is 0 Å². The van der Waals surface area contributed by atoms with Crippen molar-refractivity contribution in [2.75, 3.05) is 0 Å². The highest BCUT2D eigenvalue weighted by Gasteiger charge is 2.28. The Labute approximate surface area is 150 Å². The van der Waals surface area contributed by atoms with E-state index in [1.165, 1.54) is 0 Å². The van der Waals surface area contributed by atoms with E-state index in [0.29, 0.717) is 33.4 Å². The fraction of sp³-hybridized carbons (Fsp3) is 0.250. The summed E-state index contributed by atoms with van der Waals surface area (Å²) in [5.41, 5.74) is 2.20. The number of aromatic nitrogens is 3. The van der Waals surface area contributed by atoms with E-state index in [9.17, 15) is 8.42 Å². The summed E-state index contributed by atoms with van der Waals surface area (Å²) in [6.07, 6.45) is 0. The topological polar surface area (TPSA) is 101 Å². The lowest BCUT2D eigenvalue weighted by Gasteiger charge is -2.09. The molecule has 0 atom stereocenters. The number of benzene rings is 1. The monoisotopic (exact) mass is 380 g/mol. The maximum absolute atomic E-state index is 12.9. The number of H-pyrrole nitrogens is 1. The zero-order valence-electron chi connectivity index (χ0n) is 13.9. The number of aromatic amines is 1. The molecule has 9 heteroatoms. The van der Waals surface area contributed by atoms with Gasteiger partial charge >= 0.3 is 0 Å². The van der Waals surface area contributed by atoms with Gasteiger partial charge < -0.3 is 9.40 Å². The molecule has 0 saturated heterocycles. The van der Waals surface area contributed by atoms with Gasteiger partial charge in [0.2, 0.25) is 15.9 Å². The second kappa shape index (κ2) is 6.62. The van der Waals surface area contributed by atoms with E-state index < -0.39 is 10.0 Å². The lowest BCUT2D eigenvalue weighted by molar-refractivity contribution is 0.530. The summed E-state index contributed by atoms with van der Waals surface area (Å²) < 4.78 is 33.8. The highest BCUT2D eigenvalue weighted by atomic mass is 35.5. The Balaban J connectivity index is 1.99. The molecule has 2 N–H and O–H groups in total. The molecule has 25 heavy (non-hydrogen) atoms. The van der Waals surface area contributed by atoms with Crippen molar-refractivity contribution in [1.82, 2.24) is 19.9 Å². The maximum Gasteiger partial charge on any atom is 0.250 e. The summed E-state index contributed by atoms with van der Waals surface area (Å²) in [5, 5.41) is 8.23. The van der Waals surface area contributed by atoms with Crippen LogP contribution in [-0.2, 0) is 16.6 Å². The normalized spacial score (nSPS) is 11.8. The molecule has 0 bridgehead atoms. The summed E-state index contributed by atoms with van der Waals surface area (Å²) in [6.45, 7) is 5.17. The minimum atomic E-state index is -3.82. The van der Waals surface area contributed by atoms with Crippen molar-refractivity contribution in [3.05, 3.63) is 52.1 Å². The van der Waals surface area contributed by atoms with Crippen LogP contribution < -0.4 is 4.72 Å². The smallest absolute Gasteiger partial charge is 0.250 e. The van der Waals surface area contributed by atoms with Crippen LogP contribution in [0.1, 0.15) is 22.8 Å². The molecule has 132 valence electrons. The van der Waals surface area contributed by atoms with E-state index in [1.54, 1.807) is 45.0 Å². The second-order valence-corrected chi connectivity index (χ2v) is 7.73. The Kier molecular flexibility index (Phi) is 4.68. The summed E-state index contributed by atoms with van der Waals surface area (Å²) in [7, 11) is -3.82. The van der Waals surface area contributed by atoms with Crippen molar-refractivity contribution < 1.29 is 12.8 Å². The van der Waals surface area contributed by atoms with Crippen LogP contribution in [0, 0.1) is 20.8 Å². The minimum absolute atomic E-state index is 0.0774. The zero-order valence-corrected chi connectivity index (χ0v) is 15.5. The predicted molar refractivity (Wildman–Crippen MR) is 93.8 cm³/mol. The highest BCUT2D eigenvalue weighted by Crippen LogP contribution is 2.32. The number of hydrogen-bond acceptors (Lipinski definition) is 5. The molecule has 0 fully saturated rings. The number of aryl methyl sites for hydroxylation is 3. The van der Waals surface area contributed by atoms with Crippen molar-refractivity contribution in [1.29, 1.82) is 0 Å². The number of nitrogens with zero attached hydrogens (tertiary/aromatic N) is 2. The van der Waals surface area contributed by atoms with E-state index in [4.69, 9.17) is 16.0 Å². The lowest BCUT2D eigenvalue weighted by atomic mass is 10.2. The average molecular weight is 381 g/mol. The lowest BCUT2D eigenvalue weighted by Crippen LogP contribution is -2.24. The van der Waals surface area contributed by atoms with Crippen LogP contribution in [0.2, 0.25) is 5.02 Å². The maximum atomic E-state index is 12.9. The van der Waals surface area contributed by atoms with E-state index in [1.807, 2.05) is 0 Å². The number of halogens is 1. The van der Waals surface area contributed by atoms with Gasteiger partial charge in [0.05, 0.1) is 5.56 Å². The number of nitrogens with one attached hydrogen (secondary N) is 2. The van der Waals surface area contributed by atoms with Crippen LogP contribution in [0.4, 0.5) is 0 Å². The van der Waals surface area contributed by atoms with Crippen LogP contribution in [-0.4, -0.2) is 23.6 Å². The van der Waals surface area contributed by atoms with E-state index in [0.717, 1.165) is 0 Å². The van der Waals surface area contributed by atoms with Gasteiger partial charge in [-0.05, 0) is 25.5 Å². The summed E-state index contributed by atoms with van der Waals surface area (Å²) >= 11 is 6.09. The fourth-order valence-electron chi connectivity index (χ4n) is 2.64. The van der Waals surface area contributed by atoms with Crippen LogP contribution in [0.5, 0.6) is 0 Å². The third kappa shape index (κ3) is 3.46. The number of sulfonamides is 1. The molecule has 0 aliphatic carbocycles. The zero-order chi connectivity index (χ0) is 18.2. The van der Waals surface area contributed by atoms with E-state index in [-0.39, 0.29) is 17.3 Å². The quantitative estimate of drug-likeness (QED) is 0.708. The fourth-order valence-corrected chi connectivity index (χ4v) is 4.29. The molecule has 1 aromatic carbocycles. The second-order valence-electron chi connectivity index (χ2n) is 5.62. The Morgan fingerprint density at radius 2 is 1.88 bits per heavy atom. The van der Waals surface area contributed by atoms with Gasteiger partial charge in [-0.15, -0.1) is 10.2 Å². The number of rotatable bonds is 5. The molecular formula is C16H17ClN4O3S. The highest BCUT2D eigenvalue weighted by molar-refractivity contribution is 7.89. The molecule has 0 radical (unpaired) electrons. The molecule has 0 saturated carbocycles. The van der Waals surface area contributed by atoms with Gasteiger partial charge in [-0.25, -0.2) is 13.1 Å². The Hall–Kier alpha value is -2.16. The summed E-state index contributed by atoms with van der Waals surface area (Å²) in [6, 6.07) is 7.07. The van der Waals surface area contributed by atoms with Crippen molar-refractivity contribution >= 4 is 21.6 Å². The van der Waals surface area contributed by atoms with Gasteiger partial charge in [0.15, 0.2) is 0 Å². The molecule has 0 aliphatic rings. The molecular weight excluding hydrogens is 364 g/mol. The molecule has 0 spiro atoms. The predicted octanol–water partition coefficient (Wildman–Crippen LogP) is 3.12. The van der Waals surface area contributed by atoms with Gasteiger partial charge in [-0.2, -0.15) is 0 Å². The first-order chi connectivity index (χ1) is 11.8. The van der Waals surface area contributed by atoms with E-state index in [2.05, 4.69) is 19.9 Å². The third-order valence-corrected chi connectivity index (χ3v) is 5.68. The van der Waals surface area contributed by atoms with Crippen molar-refractivity contribution in [2.24, 2.45) is 0 Å². The Bertz CT molecular complexity index is 1020. The van der Waals surface area contributed by atoms with Crippen LogP contribution in [0.15, 0.2) is 33.6 Å². The van der Waals surface area contributed by atoms with Gasteiger partial charge in [0, 0.05) is 29.9 Å². The van der Waals surface area contributed by atoms with Gasteiger partial charge in [-0.1, -0.05) is 29.8 Å². The van der Waals surface area contributed by atoms with Crippen LogP contribution in [0.3, 0.4) is 0 Å².